The maximum Gasteiger partial charge on any atom is 0.247 e. The maximum atomic E-state index is 13.2. The van der Waals surface area contributed by atoms with Crippen molar-refractivity contribution in [1.29, 1.82) is 0 Å². The first-order chi connectivity index (χ1) is 15.6. The second-order valence-corrected chi connectivity index (χ2v) is 10.1. The van der Waals surface area contributed by atoms with Gasteiger partial charge in [-0.2, -0.15) is 0 Å². The summed E-state index contributed by atoms with van der Waals surface area (Å²) in [5.74, 6) is -2.78. The van der Waals surface area contributed by atoms with Crippen molar-refractivity contribution < 1.29 is 27.6 Å². The minimum atomic E-state index is -3.83. The lowest BCUT2D eigenvalue weighted by Crippen LogP contribution is -2.50. The molecule has 33 heavy (non-hydrogen) atoms. The van der Waals surface area contributed by atoms with Crippen molar-refractivity contribution in [1.82, 2.24) is 15.3 Å². The van der Waals surface area contributed by atoms with E-state index in [1.54, 1.807) is 23.7 Å². The number of amides is 2. The van der Waals surface area contributed by atoms with Gasteiger partial charge in [0, 0.05) is 0 Å². The Hall–Kier alpha value is -2.95. The molecule has 0 radical (unpaired) electrons. The Balaban J connectivity index is 2.26. The van der Waals surface area contributed by atoms with Gasteiger partial charge in [-0.1, -0.05) is 56.3 Å². The molecule has 0 aliphatic heterocycles. The largest absolute Gasteiger partial charge is 0.468 e. The molecule has 0 fully saturated rings. The Bertz CT molecular complexity index is 1020. The van der Waals surface area contributed by atoms with E-state index in [9.17, 15) is 23.2 Å². The highest BCUT2D eigenvalue weighted by molar-refractivity contribution is 7.88. The highest BCUT2D eigenvalue weighted by Crippen LogP contribution is 2.26. The first-order valence-corrected chi connectivity index (χ1v) is 12.4. The fraction of sp³-hybridized carbons (Fsp3) is 0.391. The van der Waals surface area contributed by atoms with E-state index in [4.69, 9.17) is 4.42 Å². The summed E-state index contributed by atoms with van der Waals surface area (Å²) in [7, 11) is -3.83. The van der Waals surface area contributed by atoms with E-state index in [1.807, 2.05) is 50.3 Å². The second kappa shape index (κ2) is 12.3. The van der Waals surface area contributed by atoms with Crippen LogP contribution in [-0.2, 0) is 26.2 Å². The van der Waals surface area contributed by atoms with Crippen LogP contribution in [0.3, 0.4) is 0 Å². The third-order valence-electron chi connectivity index (χ3n) is 5.01. The molecule has 0 unspecified atom stereocenters. The molecule has 0 spiro atoms. The van der Waals surface area contributed by atoms with Crippen molar-refractivity contribution in [2.75, 3.05) is 6.26 Å². The average Bonchev–Trinajstić information content (AvgIpc) is 3.27. The molecule has 10 heteroatoms. The fourth-order valence-corrected chi connectivity index (χ4v) is 4.02. The Labute approximate surface area is 194 Å². The molecule has 1 heterocycles. The first kappa shape index (κ1) is 26.3. The minimum Gasteiger partial charge on any atom is -0.468 e. The Morgan fingerprint density at radius 1 is 1.09 bits per heavy atom. The van der Waals surface area contributed by atoms with Gasteiger partial charge in [0.1, 0.15) is 5.76 Å². The van der Waals surface area contributed by atoms with Gasteiger partial charge in [0.15, 0.2) is 0 Å². The molecule has 2 amide bonds. The highest BCUT2D eigenvalue weighted by atomic mass is 32.2. The quantitative estimate of drug-likeness (QED) is 0.318. The first-order valence-electron chi connectivity index (χ1n) is 10.6. The third kappa shape index (κ3) is 8.49. The number of nitrogens with zero attached hydrogens (tertiary/aromatic N) is 1. The van der Waals surface area contributed by atoms with Crippen molar-refractivity contribution in [3.63, 3.8) is 0 Å². The van der Waals surface area contributed by atoms with Gasteiger partial charge in [-0.15, -0.1) is 4.41 Å². The molecule has 1 aromatic heterocycles. The topological polar surface area (TPSA) is 129 Å². The zero-order valence-corrected chi connectivity index (χ0v) is 19.8. The second-order valence-electron chi connectivity index (χ2n) is 8.19. The number of carbonyl (C=O) groups is 2. The van der Waals surface area contributed by atoms with E-state index in [0.717, 1.165) is 16.2 Å². The van der Waals surface area contributed by atoms with Crippen LogP contribution in [0.1, 0.15) is 38.0 Å². The molecule has 0 bridgehead atoms. The van der Waals surface area contributed by atoms with Crippen molar-refractivity contribution in [3.8, 4) is 0 Å². The number of nitrogens with one attached hydrogen (secondary N) is 2. The van der Waals surface area contributed by atoms with Gasteiger partial charge in [0.25, 0.3) is 0 Å². The van der Waals surface area contributed by atoms with Gasteiger partial charge in [-0.05, 0) is 36.5 Å². The summed E-state index contributed by atoms with van der Waals surface area (Å²) in [5.41, 5.74) is 4.99. The number of sulfonamides is 1. The molecular formula is C23H31N3O6S. The van der Waals surface area contributed by atoms with E-state index >= 15 is 0 Å². The molecule has 180 valence electrons. The molecule has 0 saturated heterocycles. The third-order valence-corrected chi connectivity index (χ3v) is 6.03. The van der Waals surface area contributed by atoms with Gasteiger partial charge >= 0.3 is 0 Å². The molecule has 0 aliphatic carbocycles. The Morgan fingerprint density at radius 3 is 2.33 bits per heavy atom. The van der Waals surface area contributed by atoms with Crippen LogP contribution >= 0.6 is 0 Å². The van der Waals surface area contributed by atoms with Crippen LogP contribution in [-0.4, -0.2) is 36.1 Å². The van der Waals surface area contributed by atoms with Gasteiger partial charge < -0.3 is 4.42 Å². The summed E-state index contributed by atoms with van der Waals surface area (Å²) in [6.45, 7) is 3.59. The molecule has 3 N–H and O–H groups in total. The molecule has 0 saturated carbocycles. The smallest absolute Gasteiger partial charge is 0.247 e. The maximum absolute atomic E-state index is 13.2. The fourth-order valence-electron chi connectivity index (χ4n) is 3.40. The van der Waals surface area contributed by atoms with Crippen LogP contribution in [0.4, 0.5) is 0 Å². The van der Waals surface area contributed by atoms with Crippen molar-refractivity contribution in [2.45, 2.75) is 33.2 Å². The van der Waals surface area contributed by atoms with E-state index in [2.05, 4.69) is 5.43 Å². The summed E-state index contributed by atoms with van der Waals surface area (Å²) in [5, 5.41) is 9.29. The normalized spacial score (nSPS) is 13.9. The molecule has 1 aromatic carbocycles. The van der Waals surface area contributed by atoms with Crippen LogP contribution < -0.4 is 10.9 Å². The number of hydrogen-bond donors (Lipinski definition) is 3. The monoisotopic (exact) mass is 477 g/mol. The van der Waals surface area contributed by atoms with E-state index in [0.29, 0.717) is 12.2 Å². The van der Waals surface area contributed by atoms with E-state index in [-0.39, 0.29) is 18.9 Å². The summed E-state index contributed by atoms with van der Waals surface area (Å²) in [6, 6.07) is 12.6. The zero-order valence-electron chi connectivity index (χ0n) is 19.0. The molecule has 0 aliphatic rings. The number of furan rings is 1. The summed E-state index contributed by atoms with van der Waals surface area (Å²) in [4.78, 5) is 25.7. The predicted molar refractivity (Wildman–Crippen MR) is 124 cm³/mol. The highest BCUT2D eigenvalue weighted by Gasteiger charge is 2.35. The van der Waals surface area contributed by atoms with Gasteiger partial charge in [-0.3, -0.25) is 20.2 Å². The summed E-state index contributed by atoms with van der Waals surface area (Å²) < 4.78 is 30.5. The molecular weight excluding hydrogens is 446 g/mol. The minimum absolute atomic E-state index is 0.0320. The van der Waals surface area contributed by atoms with Crippen LogP contribution in [0.5, 0.6) is 0 Å². The van der Waals surface area contributed by atoms with E-state index < -0.39 is 33.7 Å². The van der Waals surface area contributed by atoms with Gasteiger partial charge in [0.05, 0.1) is 30.9 Å². The van der Waals surface area contributed by atoms with Gasteiger partial charge in [0.2, 0.25) is 21.8 Å². The summed E-state index contributed by atoms with van der Waals surface area (Å²) >= 11 is 0. The number of allylic oxidation sites excluding steroid dienone is 1. The molecule has 2 aromatic rings. The number of hydrogen-bond acceptors (Lipinski definition) is 6. The SMILES string of the molecule is CC(C)C[C@@H](C(=O)NN(Cc1ccco1)S(C)(=O)=O)[C@H](CC=Cc1ccccc1)C(=O)NO. The van der Waals surface area contributed by atoms with Crippen molar-refractivity contribution in [2.24, 2.45) is 17.8 Å². The van der Waals surface area contributed by atoms with Crippen LogP contribution in [0.2, 0.25) is 0 Å². The Morgan fingerprint density at radius 2 is 1.79 bits per heavy atom. The predicted octanol–water partition coefficient (Wildman–Crippen LogP) is 2.96. The van der Waals surface area contributed by atoms with Crippen molar-refractivity contribution in [3.05, 3.63) is 66.1 Å². The van der Waals surface area contributed by atoms with E-state index in [1.165, 1.54) is 6.26 Å². The number of hydroxylamine groups is 1. The molecule has 9 nitrogen and oxygen atoms in total. The zero-order chi connectivity index (χ0) is 24.4. The molecule has 2 rings (SSSR count). The number of rotatable bonds is 12. The lowest BCUT2D eigenvalue weighted by molar-refractivity contribution is -0.142. The van der Waals surface area contributed by atoms with Crippen LogP contribution in [0.15, 0.2) is 59.2 Å². The lowest BCUT2D eigenvalue weighted by atomic mass is 9.82. The summed E-state index contributed by atoms with van der Waals surface area (Å²) in [6.07, 6.45) is 6.42. The number of benzene rings is 1. The van der Waals surface area contributed by atoms with Crippen molar-refractivity contribution >= 4 is 27.9 Å². The number of hydrazine groups is 1. The molecule has 2 atom stereocenters. The van der Waals surface area contributed by atoms with Crippen LogP contribution in [0, 0.1) is 17.8 Å². The van der Waals surface area contributed by atoms with Gasteiger partial charge in [-0.25, -0.2) is 13.9 Å². The Kier molecular flexibility index (Phi) is 9.83. The van der Waals surface area contributed by atoms with Crippen LogP contribution in [0.25, 0.3) is 6.08 Å². The number of carbonyl (C=O) groups excluding carboxylic acids is 2. The lowest BCUT2D eigenvalue weighted by Gasteiger charge is -2.28. The standard InChI is InChI=1S/C23H31N3O6S/c1-17(2)15-21(20(23(28)25-29)13-7-11-18-9-5-4-6-10-18)22(27)24-26(33(3,30)31)16-19-12-8-14-32-19/h4-12,14,17,20-21,29H,13,15-16H2,1-3H3,(H,24,27)(H,25,28)/t20-,21+/m0/s1. The average molecular weight is 478 g/mol.